The molecule has 0 aliphatic carbocycles. The van der Waals surface area contributed by atoms with Crippen molar-refractivity contribution in [2.24, 2.45) is 0 Å². The molecule has 0 atom stereocenters. The highest BCUT2D eigenvalue weighted by molar-refractivity contribution is 7.15. The second-order valence-electron chi connectivity index (χ2n) is 4.65. The molecule has 0 fully saturated rings. The van der Waals surface area contributed by atoms with Crippen LogP contribution in [0.25, 0.3) is 10.6 Å². The first-order valence-corrected chi connectivity index (χ1v) is 7.56. The molecule has 5 heteroatoms. The summed E-state index contributed by atoms with van der Waals surface area (Å²) in [6.45, 7) is 1.50. The van der Waals surface area contributed by atoms with E-state index in [1.165, 1.54) is 6.07 Å². The van der Waals surface area contributed by atoms with Gasteiger partial charge in [0.25, 0.3) is 0 Å². The van der Waals surface area contributed by atoms with Gasteiger partial charge in [-0.1, -0.05) is 12.1 Å². The number of nitrogens with one attached hydrogen (secondary N) is 1. The normalized spacial score (nSPS) is 10.9. The van der Waals surface area contributed by atoms with Gasteiger partial charge in [-0.2, -0.15) is 0 Å². The van der Waals surface area contributed by atoms with E-state index in [0.29, 0.717) is 6.54 Å². The fraction of sp³-hybridized carbons (Fsp3) is 0.188. The van der Waals surface area contributed by atoms with Gasteiger partial charge in [-0.3, -0.25) is 0 Å². The third-order valence-electron chi connectivity index (χ3n) is 3.07. The van der Waals surface area contributed by atoms with E-state index in [2.05, 4.69) is 10.3 Å². The smallest absolute Gasteiger partial charge is 0.145 e. The second kappa shape index (κ2) is 6.65. The molecule has 0 bridgehead atoms. The van der Waals surface area contributed by atoms with Crippen LogP contribution in [0.4, 0.5) is 4.39 Å². The second-order valence-corrected chi connectivity index (χ2v) is 5.77. The standard InChI is InChI=1S/C16H15FN2OS/c17-13-4-1-3-12(9-13)6-7-18-11-16-19-10-15(21-16)14-5-2-8-20-14/h1-5,8-10,18H,6-7,11H2. The Morgan fingerprint density at radius 3 is 3.00 bits per heavy atom. The number of nitrogens with zero attached hydrogens (tertiary/aromatic N) is 1. The Morgan fingerprint density at radius 1 is 1.24 bits per heavy atom. The number of thiazole rings is 1. The Hall–Kier alpha value is -1.98. The Kier molecular flexibility index (Phi) is 4.43. The Balaban J connectivity index is 1.48. The highest BCUT2D eigenvalue weighted by Crippen LogP contribution is 2.26. The van der Waals surface area contributed by atoms with Crippen LogP contribution in [0.3, 0.4) is 0 Å². The monoisotopic (exact) mass is 302 g/mol. The fourth-order valence-corrected chi connectivity index (χ4v) is 2.90. The quantitative estimate of drug-likeness (QED) is 0.702. The van der Waals surface area contributed by atoms with Crippen molar-refractivity contribution >= 4 is 11.3 Å². The lowest BCUT2D eigenvalue weighted by Crippen LogP contribution is -2.16. The molecule has 0 saturated carbocycles. The van der Waals surface area contributed by atoms with Crippen LogP contribution in [0.1, 0.15) is 10.6 Å². The zero-order valence-electron chi connectivity index (χ0n) is 11.4. The van der Waals surface area contributed by atoms with Crippen molar-refractivity contribution in [3.63, 3.8) is 0 Å². The van der Waals surface area contributed by atoms with Gasteiger partial charge in [-0.25, -0.2) is 9.37 Å². The Labute approximate surface area is 126 Å². The van der Waals surface area contributed by atoms with Crippen LogP contribution in [0, 0.1) is 5.82 Å². The van der Waals surface area contributed by atoms with Gasteiger partial charge >= 0.3 is 0 Å². The number of hydrogen-bond acceptors (Lipinski definition) is 4. The van der Waals surface area contributed by atoms with Gasteiger partial charge in [0.15, 0.2) is 0 Å². The van der Waals surface area contributed by atoms with Gasteiger partial charge in [-0.15, -0.1) is 11.3 Å². The molecule has 1 N–H and O–H groups in total. The summed E-state index contributed by atoms with van der Waals surface area (Å²) in [4.78, 5) is 5.40. The number of aromatic nitrogens is 1. The largest absolute Gasteiger partial charge is 0.463 e. The Bertz CT molecular complexity index is 694. The first-order chi connectivity index (χ1) is 10.3. The molecule has 0 saturated heterocycles. The molecule has 2 heterocycles. The summed E-state index contributed by atoms with van der Waals surface area (Å²) in [5.41, 5.74) is 0.998. The Morgan fingerprint density at radius 2 is 2.19 bits per heavy atom. The minimum atomic E-state index is -0.185. The van der Waals surface area contributed by atoms with Gasteiger partial charge in [0.05, 0.1) is 11.1 Å². The molecule has 0 unspecified atom stereocenters. The lowest BCUT2D eigenvalue weighted by atomic mass is 10.1. The first kappa shape index (κ1) is 14.0. The summed E-state index contributed by atoms with van der Waals surface area (Å²) in [7, 11) is 0. The van der Waals surface area contributed by atoms with Crippen molar-refractivity contribution < 1.29 is 8.81 Å². The minimum Gasteiger partial charge on any atom is -0.463 e. The number of benzene rings is 1. The molecule has 0 radical (unpaired) electrons. The van der Waals surface area contributed by atoms with Crippen molar-refractivity contribution in [3.8, 4) is 10.6 Å². The van der Waals surface area contributed by atoms with E-state index in [9.17, 15) is 4.39 Å². The minimum absolute atomic E-state index is 0.185. The zero-order chi connectivity index (χ0) is 14.5. The van der Waals surface area contributed by atoms with Crippen LogP contribution < -0.4 is 5.32 Å². The molecular formula is C16H15FN2OS. The van der Waals surface area contributed by atoms with Crippen LogP contribution in [0.5, 0.6) is 0 Å². The maximum atomic E-state index is 13.0. The van der Waals surface area contributed by atoms with Crippen molar-refractivity contribution in [2.75, 3.05) is 6.54 Å². The van der Waals surface area contributed by atoms with Crippen molar-refractivity contribution in [1.82, 2.24) is 10.3 Å². The lowest BCUT2D eigenvalue weighted by molar-refractivity contribution is 0.583. The van der Waals surface area contributed by atoms with E-state index in [4.69, 9.17) is 4.42 Å². The van der Waals surface area contributed by atoms with Crippen molar-refractivity contribution in [3.05, 3.63) is 65.2 Å². The van der Waals surface area contributed by atoms with E-state index < -0.39 is 0 Å². The number of rotatable bonds is 6. The molecular weight excluding hydrogens is 287 g/mol. The summed E-state index contributed by atoms with van der Waals surface area (Å²) in [5.74, 6) is 0.661. The van der Waals surface area contributed by atoms with E-state index in [1.54, 1.807) is 29.7 Å². The average molecular weight is 302 g/mol. The van der Waals surface area contributed by atoms with E-state index in [-0.39, 0.29) is 5.82 Å². The van der Waals surface area contributed by atoms with Gasteiger partial charge in [0.2, 0.25) is 0 Å². The van der Waals surface area contributed by atoms with Gasteiger partial charge < -0.3 is 9.73 Å². The average Bonchev–Trinajstić information content (AvgIpc) is 3.14. The highest BCUT2D eigenvalue weighted by atomic mass is 32.1. The third-order valence-corrected chi connectivity index (χ3v) is 4.09. The number of halogens is 1. The van der Waals surface area contributed by atoms with Gasteiger partial charge in [0.1, 0.15) is 16.6 Å². The van der Waals surface area contributed by atoms with E-state index in [0.717, 1.165) is 34.2 Å². The highest BCUT2D eigenvalue weighted by Gasteiger charge is 2.06. The molecule has 3 nitrogen and oxygen atoms in total. The molecule has 3 aromatic rings. The molecule has 2 aromatic heterocycles. The van der Waals surface area contributed by atoms with Crippen molar-refractivity contribution in [1.29, 1.82) is 0 Å². The maximum Gasteiger partial charge on any atom is 0.145 e. The first-order valence-electron chi connectivity index (χ1n) is 6.75. The SMILES string of the molecule is Fc1cccc(CCNCc2ncc(-c3ccco3)s2)c1. The topological polar surface area (TPSA) is 38.1 Å². The predicted octanol–water partition coefficient (Wildman–Crippen LogP) is 3.87. The molecule has 0 aliphatic rings. The van der Waals surface area contributed by atoms with Gasteiger partial charge in [0, 0.05) is 12.7 Å². The molecule has 0 spiro atoms. The van der Waals surface area contributed by atoms with Crippen LogP contribution in [-0.2, 0) is 13.0 Å². The molecule has 3 rings (SSSR count). The summed E-state index contributed by atoms with van der Waals surface area (Å²) in [5, 5.41) is 4.34. The van der Waals surface area contributed by atoms with Crippen LogP contribution in [0.2, 0.25) is 0 Å². The molecule has 108 valence electrons. The number of hydrogen-bond donors (Lipinski definition) is 1. The maximum absolute atomic E-state index is 13.0. The van der Waals surface area contributed by atoms with Crippen LogP contribution >= 0.6 is 11.3 Å². The lowest BCUT2D eigenvalue weighted by Gasteiger charge is -2.03. The molecule has 1 aromatic carbocycles. The fourth-order valence-electron chi connectivity index (χ4n) is 2.05. The zero-order valence-corrected chi connectivity index (χ0v) is 12.2. The third kappa shape index (κ3) is 3.77. The number of furan rings is 1. The van der Waals surface area contributed by atoms with E-state index in [1.807, 2.05) is 24.4 Å². The molecule has 21 heavy (non-hydrogen) atoms. The van der Waals surface area contributed by atoms with Gasteiger partial charge in [-0.05, 0) is 42.8 Å². The molecule has 0 amide bonds. The molecule has 0 aliphatic heterocycles. The summed E-state index contributed by atoms with van der Waals surface area (Å²) in [6, 6.07) is 10.5. The predicted molar refractivity (Wildman–Crippen MR) is 81.6 cm³/mol. The van der Waals surface area contributed by atoms with Crippen molar-refractivity contribution in [2.45, 2.75) is 13.0 Å². The summed E-state index contributed by atoms with van der Waals surface area (Å²) in [6.07, 6.45) is 4.28. The van der Waals surface area contributed by atoms with Crippen LogP contribution in [-0.4, -0.2) is 11.5 Å². The van der Waals surface area contributed by atoms with E-state index >= 15 is 0 Å². The summed E-state index contributed by atoms with van der Waals surface area (Å²) >= 11 is 1.61. The summed E-state index contributed by atoms with van der Waals surface area (Å²) < 4.78 is 18.4. The van der Waals surface area contributed by atoms with Crippen LogP contribution in [0.15, 0.2) is 53.3 Å².